The molecule has 0 amide bonds. The Labute approximate surface area is 201 Å². The quantitative estimate of drug-likeness (QED) is 0.264. The number of rotatable bonds is 8. The van der Waals surface area contributed by atoms with Crippen LogP contribution in [0.1, 0.15) is 55.4 Å². The van der Waals surface area contributed by atoms with Crippen molar-refractivity contribution in [1.82, 2.24) is 0 Å². The standard InChI is InChI=1S/C10H26O2Si2.C6H14OSi.C4H12OSi.Pt/c1-9(2)13(5,11)7-8-14(6,12)10(3)4;1-5-8(4,7)6(2)3;1-4(2)6(3)5;/h9-12H,7-8H2,1-6H3;5-7H,1H2,2-4H3;4-6H,1-3H3;. The molecular formula is C20H52O4PtSi4. The summed E-state index contributed by atoms with van der Waals surface area (Å²) in [5.41, 5.74) is 3.42. The van der Waals surface area contributed by atoms with Gasteiger partial charge < -0.3 is 19.2 Å². The van der Waals surface area contributed by atoms with Gasteiger partial charge in [-0.3, -0.25) is 0 Å². The van der Waals surface area contributed by atoms with Gasteiger partial charge in [-0.15, -0.1) is 6.58 Å². The molecule has 0 aromatic heterocycles. The van der Waals surface area contributed by atoms with Crippen LogP contribution in [0, 0.1) is 0 Å². The van der Waals surface area contributed by atoms with Crippen LogP contribution in [-0.2, 0) is 21.1 Å². The molecule has 0 saturated carbocycles. The Bertz CT molecular complexity index is 387. The summed E-state index contributed by atoms with van der Waals surface area (Å²) >= 11 is 0. The Kier molecular flexibility index (Phi) is 21.6. The Balaban J connectivity index is -0.000000177. The molecular weight excluding hydrogens is 612 g/mol. The van der Waals surface area contributed by atoms with Crippen molar-refractivity contribution in [3.63, 3.8) is 0 Å². The van der Waals surface area contributed by atoms with E-state index in [1.165, 1.54) is 0 Å². The van der Waals surface area contributed by atoms with E-state index in [0.717, 1.165) is 12.1 Å². The van der Waals surface area contributed by atoms with Gasteiger partial charge in [-0.05, 0) is 60.4 Å². The van der Waals surface area contributed by atoms with E-state index in [1.807, 2.05) is 40.0 Å². The van der Waals surface area contributed by atoms with Gasteiger partial charge in [0.1, 0.15) is 0 Å². The van der Waals surface area contributed by atoms with Gasteiger partial charge in [-0.1, -0.05) is 61.1 Å². The van der Waals surface area contributed by atoms with E-state index in [-0.39, 0.29) is 21.1 Å². The van der Waals surface area contributed by atoms with Crippen molar-refractivity contribution in [2.24, 2.45) is 0 Å². The predicted octanol–water partition coefficient (Wildman–Crippen LogP) is 5.37. The molecule has 9 heteroatoms. The van der Waals surface area contributed by atoms with E-state index < -0.39 is 34.0 Å². The second kappa shape index (κ2) is 16.7. The first kappa shape index (κ1) is 37.5. The van der Waals surface area contributed by atoms with E-state index >= 15 is 0 Å². The molecule has 0 aromatic carbocycles. The summed E-state index contributed by atoms with van der Waals surface area (Å²) < 4.78 is 0. The third kappa shape index (κ3) is 19.5. The maximum Gasteiger partial charge on any atom is 0.211 e. The smallest absolute Gasteiger partial charge is 0.211 e. The van der Waals surface area contributed by atoms with Crippen molar-refractivity contribution in [3.8, 4) is 0 Å². The molecule has 0 rings (SSSR count). The average Bonchev–Trinajstić information content (AvgIpc) is 2.53. The Morgan fingerprint density at radius 1 is 0.759 bits per heavy atom. The van der Waals surface area contributed by atoms with Crippen LogP contribution >= 0.6 is 0 Å². The summed E-state index contributed by atoms with van der Waals surface area (Å²) in [5.74, 6) is 0. The molecule has 4 atom stereocenters. The summed E-state index contributed by atoms with van der Waals surface area (Å²) in [6.45, 7) is 27.9. The fraction of sp³-hybridized carbons (Fsp3) is 0.900. The van der Waals surface area contributed by atoms with Crippen LogP contribution in [0.3, 0.4) is 0 Å². The molecule has 0 saturated heterocycles. The minimum absolute atomic E-state index is 0. The van der Waals surface area contributed by atoms with Crippen molar-refractivity contribution in [1.29, 1.82) is 0 Å². The van der Waals surface area contributed by atoms with Crippen LogP contribution < -0.4 is 0 Å². The molecule has 0 aromatic rings. The third-order valence-corrected chi connectivity index (χ3v) is 19.3. The van der Waals surface area contributed by atoms with E-state index in [1.54, 1.807) is 5.70 Å². The molecule has 4 N–H and O–H groups in total. The zero-order valence-electron chi connectivity index (χ0n) is 21.2. The number of hydrogen-bond acceptors (Lipinski definition) is 4. The average molecular weight is 664 g/mol. The van der Waals surface area contributed by atoms with E-state index in [9.17, 15) is 14.4 Å². The van der Waals surface area contributed by atoms with E-state index in [0.29, 0.717) is 22.2 Å². The second-order valence-electron chi connectivity index (χ2n) is 10.1. The van der Waals surface area contributed by atoms with Crippen LogP contribution in [0.25, 0.3) is 0 Å². The minimum Gasteiger partial charge on any atom is -0.435 e. The summed E-state index contributed by atoms with van der Waals surface area (Å²) in [6, 6.07) is 1.70. The van der Waals surface area contributed by atoms with Gasteiger partial charge >= 0.3 is 0 Å². The van der Waals surface area contributed by atoms with Crippen molar-refractivity contribution < 1.29 is 40.2 Å². The topological polar surface area (TPSA) is 80.9 Å². The fourth-order valence-corrected chi connectivity index (χ4v) is 6.99. The van der Waals surface area contributed by atoms with Gasteiger partial charge in [0, 0.05) is 21.1 Å². The van der Waals surface area contributed by atoms with Crippen LogP contribution in [0.5, 0.6) is 0 Å². The molecule has 0 spiro atoms. The maximum absolute atomic E-state index is 10.2. The summed E-state index contributed by atoms with van der Waals surface area (Å²) in [4.78, 5) is 38.6. The van der Waals surface area contributed by atoms with E-state index in [4.69, 9.17) is 4.80 Å². The van der Waals surface area contributed by atoms with Crippen molar-refractivity contribution in [2.45, 2.75) is 116 Å². The minimum atomic E-state index is -2.06. The molecule has 0 radical (unpaired) electrons. The molecule has 0 aliphatic rings. The van der Waals surface area contributed by atoms with Gasteiger partial charge in [-0.2, -0.15) is 0 Å². The molecule has 0 bridgehead atoms. The third-order valence-electron chi connectivity index (χ3n) is 6.17. The zero-order valence-corrected chi connectivity index (χ0v) is 27.6. The fourth-order valence-electron chi connectivity index (χ4n) is 1.32. The van der Waals surface area contributed by atoms with Gasteiger partial charge in [0.25, 0.3) is 0 Å². The number of hydrogen-bond donors (Lipinski definition) is 4. The molecule has 0 heterocycles. The first-order chi connectivity index (χ1) is 12.2. The van der Waals surface area contributed by atoms with Crippen molar-refractivity contribution in [3.05, 3.63) is 12.3 Å². The van der Waals surface area contributed by atoms with Crippen LogP contribution in [0.15, 0.2) is 12.3 Å². The van der Waals surface area contributed by atoms with Crippen LogP contribution in [0.4, 0.5) is 0 Å². The van der Waals surface area contributed by atoms with Gasteiger partial charge in [-0.25, -0.2) is 0 Å². The summed E-state index contributed by atoms with van der Waals surface area (Å²) in [6.07, 6.45) is 0. The monoisotopic (exact) mass is 663 g/mol. The second-order valence-corrected chi connectivity index (χ2v) is 25.7. The molecule has 29 heavy (non-hydrogen) atoms. The molecule has 0 aliphatic carbocycles. The van der Waals surface area contributed by atoms with E-state index in [2.05, 4.69) is 48.1 Å². The SMILES string of the molecule is C=C[Si](C)(O)C(C)C.CC(C)[SiH](C)O.CC(C)[Si](C)(O)CC[Si](C)(O)C(C)C.[Pt]. The molecule has 0 aliphatic heterocycles. The predicted molar refractivity (Wildman–Crippen MR) is 137 cm³/mol. The van der Waals surface area contributed by atoms with Crippen LogP contribution in [0.2, 0.25) is 60.4 Å². The molecule has 4 unspecified atom stereocenters. The largest absolute Gasteiger partial charge is 0.435 e. The Morgan fingerprint density at radius 2 is 1.00 bits per heavy atom. The molecule has 4 nitrogen and oxygen atoms in total. The summed E-state index contributed by atoms with van der Waals surface area (Å²) in [7, 11) is -7.36. The molecule has 0 fully saturated rings. The Morgan fingerprint density at radius 3 is 1.07 bits per heavy atom. The first-order valence-electron chi connectivity index (χ1n) is 10.7. The zero-order chi connectivity index (χ0) is 23.5. The first-order valence-corrected chi connectivity index (χ1v) is 21.1. The normalized spacial score (nSPS) is 18.3. The van der Waals surface area contributed by atoms with Crippen molar-refractivity contribution in [2.75, 3.05) is 0 Å². The van der Waals surface area contributed by atoms with Crippen molar-refractivity contribution >= 4 is 34.0 Å². The summed E-state index contributed by atoms with van der Waals surface area (Å²) in [5, 5.41) is 0. The van der Waals surface area contributed by atoms with Gasteiger partial charge in [0.05, 0.1) is 0 Å². The van der Waals surface area contributed by atoms with Crippen LogP contribution in [-0.4, -0.2) is 53.2 Å². The maximum atomic E-state index is 10.2. The Hall–Kier alpha value is 1.14. The molecule has 182 valence electrons. The van der Waals surface area contributed by atoms with Gasteiger partial charge in [0.2, 0.25) is 8.32 Å². The van der Waals surface area contributed by atoms with Gasteiger partial charge in [0.15, 0.2) is 25.7 Å².